The van der Waals surface area contributed by atoms with Crippen LogP contribution in [0.2, 0.25) is 0 Å². The van der Waals surface area contributed by atoms with Crippen molar-refractivity contribution in [2.75, 3.05) is 44.8 Å². The highest BCUT2D eigenvalue weighted by molar-refractivity contribution is 6.27. The van der Waals surface area contributed by atoms with Gasteiger partial charge in [-0.3, -0.25) is 14.9 Å². The number of aryl methyl sites for hydroxylation is 3. The minimum atomic E-state index is -0.467. The Labute approximate surface area is 231 Å². The van der Waals surface area contributed by atoms with Crippen LogP contribution in [-0.2, 0) is 29.4 Å². The highest BCUT2D eigenvalue weighted by Crippen LogP contribution is 2.49. The maximum absolute atomic E-state index is 12.7. The molecule has 0 spiro atoms. The summed E-state index contributed by atoms with van der Waals surface area (Å²) < 4.78 is 15.1. The first kappa shape index (κ1) is 25.0. The van der Waals surface area contributed by atoms with Gasteiger partial charge in [0.1, 0.15) is 6.61 Å². The molecule has 1 fully saturated rings. The Bertz CT molecular complexity index is 1770. The number of morpholine rings is 1. The standard InChI is InChI=1S/C30H34N6O4/c1-17(2)36-24-7-4-18(32-30(38)40-13-10-35-8-11-39-12-9-35)14-20(24)26-21-15-31-29(37)27(21)25-19(28(26)36)5-6-23-22(25)16-34(3)33-23/h4,7,14-17,31,37H,5-6,8-13H2,1-3H3,(H,32,38). The number of benzene rings is 2. The van der Waals surface area contributed by atoms with E-state index < -0.39 is 6.09 Å². The van der Waals surface area contributed by atoms with Gasteiger partial charge in [-0.05, 0) is 50.5 Å². The molecule has 0 bridgehead atoms. The molecule has 40 heavy (non-hydrogen) atoms. The molecule has 1 saturated heterocycles. The molecule has 0 unspecified atom stereocenters. The van der Waals surface area contributed by atoms with Gasteiger partial charge in [-0.2, -0.15) is 5.10 Å². The molecule has 2 aliphatic rings. The van der Waals surface area contributed by atoms with Crippen LogP contribution in [0.25, 0.3) is 43.7 Å². The molecule has 10 heteroatoms. The number of aromatic hydroxyl groups is 1. The van der Waals surface area contributed by atoms with Crippen LogP contribution in [0.15, 0.2) is 30.6 Å². The Morgan fingerprint density at radius 3 is 2.83 bits per heavy atom. The Morgan fingerprint density at radius 2 is 2.02 bits per heavy atom. The molecular weight excluding hydrogens is 508 g/mol. The minimum absolute atomic E-state index is 0.161. The zero-order valence-electron chi connectivity index (χ0n) is 23.1. The highest BCUT2D eigenvalue weighted by atomic mass is 16.5. The van der Waals surface area contributed by atoms with Crippen molar-refractivity contribution in [1.29, 1.82) is 0 Å². The molecule has 10 nitrogen and oxygen atoms in total. The number of hydrogen-bond acceptors (Lipinski definition) is 6. The average Bonchev–Trinajstić information content (AvgIpc) is 3.61. The van der Waals surface area contributed by atoms with Gasteiger partial charge in [0, 0.05) is 83.6 Å². The monoisotopic (exact) mass is 542 g/mol. The van der Waals surface area contributed by atoms with Crippen molar-refractivity contribution in [3.8, 4) is 17.0 Å². The summed E-state index contributed by atoms with van der Waals surface area (Å²) in [6.45, 7) is 8.56. The van der Waals surface area contributed by atoms with Crippen molar-refractivity contribution in [2.45, 2.75) is 32.7 Å². The number of hydrogen-bond donors (Lipinski definition) is 3. The predicted molar refractivity (Wildman–Crippen MR) is 155 cm³/mol. The largest absolute Gasteiger partial charge is 0.494 e. The minimum Gasteiger partial charge on any atom is -0.494 e. The van der Waals surface area contributed by atoms with Gasteiger partial charge < -0.3 is 24.1 Å². The molecule has 1 amide bonds. The SMILES string of the molecule is CC(C)n1c2ccc(NC(=O)OCCN3CCOCC3)cc2c2c3c[nH]c(O)c3c3c(c21)CCc1nn(C)cc1-3. The number of rotatable bonds is 5. The molecule has 7 rings (SSSR count). The van der Waals surface area contributed by atoms with Crippen LogP contribution in [0.4, 0.5) is 10.5 Å². The van der Waals surface area contributed by atoms with Crippen molar-refractivity contribution in [1.82, 2.24) is 24.2 Å². The van der Waals surface area contributed by atoms with Crippen LogP contribution < -0.4 is 5.32 Å². The normalized spacial score (nSPS) is 15.7. The van der Waals surface area contributed by atoms with E-state index in [1.807, 2.05) is 30.1 Å². The summed E-state index contributed by atoms with van der Waals surface area (Å²) in [4.78, 5) is 18.0. The second-order valence-electron chi connectivity index (χ2n) is 11.1. The second-order valence-corrected chi connectivity index (χ2v) is 11.1. The van der Waals surface area contributed by atoms with Crippen LogP contribution in [-0.4, -0.2) is 74.9 Å². The fourth-order valence-electron chi connectivity index (χ4n) is 6.59. The van der Waals surface area contributed by atoms with E-state index in [0.717, 1.165) is 83.0 Å². The van der Waals surface area contributed by atoms with Crippen LogP contribution in [0.1, 0.15) is 31.1 Å². The number of ether oxygens (including phenoxy) is 2. The summed E-state index contributed by atoms with van der Waals surface area (Å²) in [6, 6.07) is 6.23. The van der Waals surface area contributed by atoms with E-state index >= 15 is 0 Å². The summed E-state index contributed by atoms with van der Waals surface area (Å²) in [5, 5.41) is 22.5. The van der Waals surface area contributed by atoms with Crippen molar-refractivity contribution in [2.24, 2.45) is 7.05 Å². The number of aromatic amines is 1. The summed E-state index contributed by atoms with van der Waals surface area (Å²) in [7, 11) is 1.94. The molecule has 1 aliphatic carbocycles. The number of nitrogens with zero attached hydrogens (tertiary/aromatic N) is 4. The molecule has 208 valence electrons. The second kappa shape index (κ2) is 9.57. The number of carbonyl (C=O) groups is 1. The number of aromatic nitrogens is 4. The van der Waals surface area contributed by atoms with E-state index in [-0.39, 0.29) is 11.9 Å². The fraction of sp³-hybridized carbons (Fsp3) is 0.400. The average molecular weight is 543 g/mol. The molecule has 1 aliphatic heterocycles. The quantitative estimate of drug-likeness (QED) is 0.290. The van der Waals surface area contributed by atoms with Gasteiger partial charge in [0.2, 0.25) is 0 Å². The van der Waals surface area contributed by atoms with Gasteiger partial charge >= 0.3 is 6.09 Å². The van der Waals surface area contributed by atoms with Crippen LogP contribution in [0, 0.1) is 0 Å². The third-order valence-electron chi connectivity index (χ3n) is 8.26. The number of H-pyrrole nitrogens is 1. The van der Waals surface area contributed by atoms with E-state index in [9.17, 15) is 9.90 Å². The Balaban J connectivity index is 1.32. The van der Waals surface area contributed by atoms with Crippen LogP contribution in [0.5, 0.6) is 5.88 Å². The van der Waals surface area contributed by atoms with E-state index in [4.69, 9.17) is 14.6 Å². The summed E-state index contributed by atoms with van der Waals surface area (Å²) in [5.74, 6) is 0.161. The number of carbonyl (C=O) groups excluding carboxylic acids is 1. The third-order valence-corrected chi connectivity index (χ3v) is 8.26. The highest BCUT2D eigenvalue weighted by Gasteiger charge is 2.30. The van der Waals surface area contributed by atoms with Crippen LogP contribution >= 0.6 is 0 Å². The first-order valence-corrected chi connectivity index (χ1v) is 14.0. The zero-order valence-corrected chi connectivity index (χ0v) is 23.1. The van der Waals surface area contributed by atoms with E-state index in [1.54, 1.807) is 0 Å². The molecule has 2 aromatic carbocycles. The van der Waals surface area contributed by atoms with Crippen molar-refractivity contribution >= 4 is 44.4 Å². The molecule has 5 aromatic rings. The Kier molecular flexibility index (Phi) is 5.97. The maximum atomic E-state index is 12.7. The van der Waals surface area contributed by atoms with Crippen LogP contribution in [0.3, 0.4) is 0 Å². The van der Waals surface area contributed by atoms with Crippen molar-refractivity contribution in [3.63, 3.8) is 0 Å². The topological polar surface area (TPSA) is 110 Å². The first-order chi connectivity index (χ1) is 19.4. The predicted octanol–water partition coefficient (Wildman–Crippen LogP) is 4.94. The van der Waals surface area contributed by atoms with Crippen molar-refractivity contribution < 1.29 is 19.4 Å². The lowest BCUT2D eigenvalue weighted by atomic mass is 9.85. The lowest BCUT2D eigenvalue weighted by molar-refractivity contribution is 0.0290. The third kappa shape index (κ3) is 3.93. The molecule has 3 N–H and O–H groups in total. The lowest BCUT2D eigenvalue weighted by Crippen LogP contribution is -2.38. The Morgan fingerprint density at radius 1 is 1.20 bits per heavy atom. The summed E-state index contributed by atoms with van der Waals surface area (Å²) in [6.07, 6.45) is 5.16. The van der Waals surface area contributed by atoms with Gasteiger partial charge in [0.25, 0.3) is 0 Å². The molecule has 3 aromatic heterocycles. The molecule has 0 saturated carbocycles. The molecule has 0 atom stereocenters. The number of fused-ring (bicyclic) bond motifs is 10. The number of anilines is 1. The fourth-order valence-corrected chi connectivity index (χ4v) is 6.59. The molecule has 4 heterocycles. The van der Waals surface area contributed by atoms with Crippen molar-refractivity contribution in [3.05, 3.63) is 41.9 Å². The number of nitrogens with one attached hydrogen (secondary N) is 2. The van der Waals surface area contributed by atoms with Gasteiger partial charge in [0.15, 0.2) is 5.88 Å². The molecule has 0 radical (unpaired) electrons. The van der Waals surface area contributed by atoms with Gasteiger partial charge in [-0.25, -0.2) is 4.79 Å². The maximum Gasteiger partial charge on any atom is 0.411 e. The van der Waals surface area contributed by atoms with Gasteiger partial charge in [0.05, 0.1) is 29.8 Å². The zero-order chi connectivity index (χ0) is 27.5. The Hall–Kier alpha value is -4.02. The summed E-state index contributed by atoms with van der Waals surface area (Å²) >= 11 is 0. The van der Waals surface area contributed by atoms with Gasteiger partial charge in [-0.1, -0.05) is 0 Å². The van der Waals surface area contributed by atoms with E-state index in [1.165, 1.54) is 11.1 Å². The van der Waals surface area contributed by atoms with Gasteiger partial charge in [-0.15, -0.1) is 0 Å². The first-order valence-electron chi connectivity index (χ1n) is 14.0. The molecular formula is C30H34N6O4. The number of amides is 1. The lowest BCUT2D eigenvalue weighted by Gasteiger charge is -2.26. The van der Waals surface area contributed by atoms with E-state index in [0.29, 0.717) is 18.8 Å². The smallest absolute Gasteiger partial charge is 0.411 e. The summed E-state index contributed by atoms with van der Waals surface area (Å²) in [5.41, 5.74) is 7.35. The van der Waals surface area contributed by atoms with E-state index in [2.05, 4.69) is 45.9 Å².